The molecule has 2 fully saturated rings. The van der Waals surface area contributed by atoms with Crippen LogP contribution in [0.3, 0.4) is 0 Å². The van der Waals surface area contributed by atoms with Crippen molar-refractivity contribution in [3.63, 3.8) is 0 Å². The lowest BCUT2D eigenvalue weighted by Crippen LogP contribution is -2.52. The molecule has 0 bridgehead atoms. The summed E-state index contributed by atoms with van der Waals surface area (Å²) >= 11 is 5.84. The van der Waals surface area contributed by atoms with E-state index in [1.165, 1.54) is 0 Å². The van der Waals surface area contributed by atoms with Gasteiger partial charge in [0.1, 0.15) is 11.6 Å². The first kappa shape index (κ1) is 18.3. The Morgan fingerprint density at radius 2 is 1.74 bits per heavy atom. The van der Waals surface area contributed by atoms with E-state index in [9.17, 15) is 22.4 Å². The molecule has 1 aliphatic heterocycles. The fourth-order valence-electron chi connectivity index (χ4n) is 3.25. The molecule has 2 aromatic carbocycles. The third-order valence-corrected chi connectivity index (χ3v) is 5.34. The number of hydrogen-bond donors (Lipinski definition) is 1. The van der Waals surface area contributed by atoms with Crippen molar-refractivity contribution in [2.45, 2.75) is 29.9 Å². The highest BCUT2D eigenvalue weighted by Crippen LogP contribution is 2.53. The first-order valence-electron chi connectivity index (χ1n) is 8.26. The lowest BCUT2D eigenvalue weighted by atomic mass is 9.91. The molecule has 1 aliphatic carbocycles. The molecule has 0 spiro atoms. The molecule has 0 aromatic heterocycles. The zero-order valence-corrected chi connectivity index (χ0v) is 14.6. The van der Waals surface area contributed by atoms with E-state index in [0.29, 0.717) is 29.5 Å². The van der Waals surface area contributed by atoms with Crippen LogP contribution >= 0.6 is 11.6 Å². The number of halogens is 5. The number of ether oxygens (including phenoxy) is 1. The first-order valence-corrected chi connectivity index (χ1v) is 8.64. The molecule has 2 aliphatic rings. The molecule has 1 amide bonds. The van der Waals surface area contributed by atoms with Crippen LogP contribution in [-0.2, 0) is 20.7 Å². The quantitative estimate of drug-likeness (QED) is 0.602. The van der Waals surface area contributed by atoms with Gasteiger partial charge < -0.3 is 10.1 Å². The molecular formula is C19H14ClF4NO2. The number of carbonyl (C=O) groups is 1. The molecule has 1 atom stereocenters. The molecule has 27 heavy (non-hydrogen) atoms. The molecule has 8 heteroatoms. The molecular weight excluding hydrogens is 386 g/mol. The Kier molecular flexibility index (Phi) is 4.01. The normalized spacial score (nSPS) is 23.0. The van der Waals surface area contributed by atoms with E-state index in [2.05, 4.69) is 5.32 Å². The Balaban J connectivity index is 1.60. The van der Waals surface area contributed by atoms with Gasteiger partial charge in [-0.2, -0.15) is 8.78 Å². The van der Waals surface area contributed by atoms with Crippen molar-refractivity contribution in [1.29, 1.82) is 0 Å². The smallest absolute Gasteiger partial charge is 0.357 e. The van der Waals surface area contributed by atoms with Crippen molar-refractivity contribution in [3.8, 4) is 0 Å². The number of benzene rings is 2. The van der Waals surface area contributed by atoms with Crippen molar-refractivity contribution in [1.82, 2.24) is 5.32 Å². The average Bonchev–Trinajstić information content (AvgIpc) is 3.51. The maximum absolute atomic E-state index is 14.9. The van der Waals surface area contributed by atoms with Crippen molar-refractivity contribution < 1.29 is 27.1 Å². The molecule has 1 saturated heterocycles. The number of carbonyl (C=O) groups excluding carboxylic acids is 1. The number of nitrogens with one attached hydrogen (secondary N) is 1. The summed E-state index contributed by atoms with van der Waals surface area (Å²) in [5.41, 5.74) is -3.21. The third-order valence-electron chi connectivity index (χ3n) is 5.09. The Morgan fingerprint density at radius 3 is 2.26 bits per heavy atom. The van der Waals surface area contributed by atoms with Crippen LogP contribution in [0, 0.1) is 11.6 Å². The van der Waals surface area contributed by atoms with Gasteiger partial charge in [0.05, 0.1) is 12.1 Å². The largest absolute Gasteiger partial charge is 0.359 e. The van der Waals surface area contributed by atoms with Gasteiger partial charge in [-0.25, -0.2) is 8.78 Å². The fraction of sp³-hybridized carbons (Fsp3) is 0.316. The number of epoxide rings is 1. The van der Waals surface area contributed by atoms with Gasteiger partial charge in [-0.3, -0.25) is 4.79 Å². The predicted molar refractivity (Wildman–Crippen MR) is 89.4 cm³/mol. The first-order chi connectivity index (χ1) is 12.7. The van der Waals surface area contributed by atoms with Crippen molar-refractivity contribution in [3.05, 3.63) is 70.2 Å². The van der Waals surface area contributed by atoms with E-state index >= 15 is 0 Å². The number of alkyl halides is 2. The van der Waals surface area contributed by atoms with Crippen molar-refractivity contribution in [2.24, 2.45) is 0 Å². The highest BCUT2D eigenvalue weighted by Gasteiger charge is 2.71. The van der Waals surface area contributed by atoms with E-state index < -0.39 is 46.8 Å². The Morgan fingerprint density at radius 1 is 1.11 bits per heavy atom. The molecule has 1 saturated carbocycles. The van der Waals surface area contributed by atoms with Crippen LogP contribution in [0.15, 0.2) is 42.5 Å². The minimum Gasteiger partial charge on any atom is -0.357 e. The molecule has 1 unspecified atom stereocenters. The SMILES string of the molecule is O=C(NC1(c2ccc(Cl)cc2)CC1)C(F)(F)C1(c2ccc(F)cc2F)CO1. The zero-order chi connectivity index (χ0) is 19.4. The van der Waals surface area contributed by atoms with Crippen molar-refractivity contribution in [2.75, 3.05) is 6.61 Å². The second-order valence-electron chi connectivity index (χ2n) is 6.86. The van der Waals surface area contributed by atoms with E-state index in [1.807, 2.05) is 0 Å². The average molecular weight is 400 g/mol. The molecule has 4 rings (SSSR count). The van der Waals surface area contributed by atoms with E-state index in [0.717, 1.165) is 12.1 Å². The van der Waals surface area contributed by atoms with Gasteiger partial charge in [-0.1, -0.05) is 23.7 Å². The minimum atomic E-state index is -4.03. The van der Waals surface area contributed by atoms with Gasteiger partial charge in [-0.15, -0.1) is 0 Å². The molecule has 0 radical (unpaired) electrons. The van der Waals surface area contributed by atoms with E-state index in [4.69, 9.17) is 16.3 Å². The molecule has 142 valence electrons. The summed E-state index contributed by atoms with van der Waals surface area (Å²) in [6.07, 6.45) is 0.991. The van der Waals surface area contributed by atoms with Gasteiger partial charge in [-0.05, 0) is 42.7 Å². The minimum absolute atomic E-state index is 0.489. The second-order valence-corrected chi connectivity index (χ2v) is 7.29. The van der Waals surface area contributed by atoms with Crippen LogP contribution in [0.25, 0.3) is 0 Å². The summed E-state index contributed by atoms with van der Waals surface area (Å²) in [7, 11) is 0. The van der Waals surface area contributed by atoms with E-state index in [1.54, 1.807) is 24.3 Å². The number of hydrogen-bond acceptors (Lipinski definition) is 2. The number of rotatable bonds is 5. The molecule has 1 heterocycles. The van der Waals surface area contributed by atoms with Crippen LogP contribution in [-0.4, -0.2) is 18.4 Å². The lowest BCUT2D eigenvalue weighted by molar-refractivity contribution is -0.158. The summed E-state index contributed by atoms with van der Waals surface area (Å²) in [5.74, 6) is -7.68. The lowest BCUT2D eigenvalue weighted by Gasteiger charge is -2.27. The predicted octanol–water partition coefficient (Wildman–Crippen LogP) is 4.28. The summed E-state index contributed by atoms with van der Waals surface area (Å²) in [5, 5.41) is 2.87. The monoisotopic (exact) mass is 399 g/mol. The summed E-state index contributed by atoms with van der Waals surface area (Å²) in [4.78, 5) is 12.4. The summed E-state index contributed by atoms with van der Waals surface area (Å²) in [6.45, 7) is -0.538. The number of amides is 1. The van der Waals surface area contributed by atoms with Gasteiger partial charge >= 0.3 is 5.92 Å². The summed E-state index contributed by atoms with van der Waals surface area (Å²) in [6, 6.07) is 8.77. The topological polar surface area (TPSA) is 41.6 Å². The maximum Gasteiger partial charge on any atom is 0.359 e. The van der Waals surface area contributed by atoms with Gasteiger partial charge in [0.2, 0.25) is 0 Å². The molecule has 1 N–H and O–H groups in total. The fourth-order valence-corrected chi connectivity index (χ4v) is 3.38. The van der Waals surface area contributed by atoms with Crippen molar-refractivity contribution >= 4 is 17.5 Å². The molecule has 2 aromatic rings. The molecule has 3 nitrogen and oxygen atoms in total. The summed E-state index contributed by atoms with van der Waals surface area (Å²) < 4.78 is 61.9. The third kappa shape index (κ3) is 2.89. The van der Waals surface area contributed by atoms with Crippen LogP contribution in [0.1, 0.15) is 24.0 Å². The second kappa shape index (κ2) is 5.94. The van der Waals surface area contributed by atoms with Crippen LogP contribution in [0.5, 0.6) is 0 Å². The Bertz CT molecular complexity index is 908. The Hall–Kier alpha value is -2.12. The standard InChI is InChI=1S/C19H14ClF4NO2/c20-12-3-1-11(2-4-12)17(7-8-17)25-16(26)19(23,24)18(10-27-18)14-6-5-13(21)9-15(14)22/h1-6,9H,7-8,10H2,(H,25,26). The van der Waals surface area contributed by atoms with E-state index in [-0.39, 0.29) is 0 Å². The van der Waals surface area contributed by atoms with Gasteiger partial charge in [0.15, 0.2) is 5.60 Å². The van der Waals surface area contributed by atoms with Gasteiger partial charge in [0, 0.05) is 16.7 Å². The Labute approximate surface area is 157 Å². The zero-order valence-electron chi connectivity index (χ0n) is 13.9. The van der Waals surface area contributed by atoms with Crippen LogP contribution < -0.4 is 5.32 Å². The maximum atomic E-state index is 14.9. The van der Waals surface area contributed by atoms with Crippen LogP contribution in [0.4, 0.5) is 17.6 Å². The van der Waals surface area contributed by atoms with Crippen LogP contribution in [0.2, 0.25) is 5.02 Å². The highest BCUT2D eigenvalue weighted by atomic mass is 35.5. The highest BCUT2D eigenvalue weighted by molar-refractivity contribution is 6.30. The van der Waals surface area contributed by atoms with Gasteiger partial charge in [0.25, 0.3) is 5.91 Å².